The van der Waals surface area contributed by atoms with Gasteiger partial charge < -0.3 is 10.6 Å². The van der Waals surface area contributed by atoms with Crippen molar-refractivity contribution in [1.82, 2.24) is 4.68 Å². The normalized spacial score (nSPS) is 10.6. The second-order valence-corrected chi connectivity index (χ2v) is 8.21. The van der Waals surface area contributed by atoms with Crippen LogP contribution in [0.2, 0.25) is 0 Å². The molecule has 0 saturated carbocycles. The summed E-state index contributed by atoms with van der Waals surface area (Å²) in [5, 5.41) is 5.86. The number of benzene rings is 3. The third-order valence-corrected chi connectivity index (χ3v) is 5.32. The highest BCUT2D eigenvalue weighted by atomic mass is 79.9. The number of aromatic nitrogens is 1. The van der Waals surface area contributed by atoms with Gasteiger partial charge in [-0.05, 0) is 67.6 Å². The van der Waals surface area contributed by atoms with Gasteiger partial charge in [0.1, 0.15) is 11.5 Å². The van der Waals surface area contributed by atoms with Gasteiger partial charge in [-0.15, -0.1) is 0 Å². The molecule has 0 spiro atoms. The Morgan fingerprint density at radius 1 is 0.818 bits per heavy atom. The minimum atomic E-state index is -0.996. The van der Waals surface area contributed by atoms with Crippen molar-refractivity contribution in [3.63, 3.8) is 0 Å². The fourth-order valence-corrected chi connectivity index (χ4v) is 3.56. The van der Waals surface area contributed by atoms with Crippen LogP contribution in [0.3, 0.4) is 0 Å². The van der Waals surface area contributed by atoms with E-state index in [0.717, 1.165) is 10.0 Å². The third-order valence-electron chi connectivity index (χ3n) is 4.83. The van der Waals surface area contributed by atoms with Gasteiger partial charge in [0.05, 0.1) is 5.52 Å². The number of nitrogens with one attached hydrogen (secondary N) is 3. The van der Waals surface area contributed by atoms with E-state index in [1.54, 1.807) is 36.4 Å². The number of halogens is 2. The van der Waals surface area contributed by atoms with Crippen LogP contribution in [-0.2, 0) is 9.59 Å². The number of carbonyl (C=O) groups is 3. The molecule has 166 valence electrons. The summed E-state index contributed by atoms with van der Waals surface area (Å²) in [4.78, 5) is 38.0. The summed E-state index contributed by atoms with van der Waals surface area (Å²) < 4.78 is 15.1. The van der Waals surface area contributed by atoms with Gasteiger partial charge in [0.2, 0.25) is 0 Å². The zero-order valence-electron chi connectivity index (χ0n) is 17.4. The van der Waals surface area contributed by atoms with Crippen LogP contribution in [0.5, 0.6) is 0 Å². The van der Waals surface area contributed by atoms with Crippen molar-refractivity contribution in [2.75, 3.05) is 16.1 Å². The lowest BCUT2D eigenvalue weighted by atomic mass is 10.2. The molecule has 0 atom stereocenters. The molecule has 0 unspecified atom stereocenters. The summed E-state index contributed by atoms with van der Waals surface area (Å²) in [6, 6.07) is 19.1. The van der Waals surface area contributed by atoms with E-state index in [0.29, 0.717) is 16.6 Å². The van der Waals surface area contributed by atoms with Crippen LogP contribution in [0.25, 0.3) is 10.9 Å². The third kappa shape index (κ3) is 5.09. The lowest BCUT2D eigenvalue weighted by molar-refractivity contribution is -0.133. The second-order valence-electron chi connectivity index (χ2n) is 7.29. The summed E-state index contributed by atoms with van der Waals surface area (Å²) in [5.74, 6) is -2.90. The second kappa shape index (κ2) is 9.25. The molecule has 0 aliphatic rings. The molecule has 9 heteroatoms. The number of carbonyl (C=O) groups excluding carboxylic acids is 3. The first kappa shape index (κ1) is 22.2. The largest absolute Gasteiger partial charge is 0.328 e. The van der Waals surface area contributed by atoms with E-state index in [9.17, 15) is 18.8 Å². The van der Waals surface area contributed by atoms with E-state index in [4.69, 9.17) is 0 Å². The molecule has 0 radical (unpaired) electrons. The van der Waals surface area contributed by atoms with Crippen LogP contribution < -0.4 is 16.1 Å². The molecule has 4 rings (SSSR count). The van der Waals surface area contributed by atoms with Crippen LogP contribution >= 0.6 is 15.9 Å². The molecule has 0 fully saturated rings. The quantitative estimate of drug-likeness (QED) is 0.345. The SMILES string of the molecule is Cc1ccc(NC(=O)c2cc3cc(Br)ccc3n2NC(=O)C(=O)Nc2ccc(F)cc2)cc1. The smallest absolute Gasteiger partial charge is 0.321 e. The van der Waals surface area contributed by atoms with Gasteiger partial charge in [0.25, 0.3) is 5.91 Å². The number of fused-ring (bicyclic) bond motifs is 1. The van der Waals surface area contributed by atoms with Gasteiger partial charge in [0, 0.05) is 21.2 Å². The van der Waals surface area contributed by atoms with Crippen molar-refractivity contribution in [3.05, 3.63) is 94.3 Å². The maximum absolute atomic E-state index is 13.1. The Bertz CT molecular complexity index is 1370. The molecule has 1 heterocycles. The first-order valence-corrected chi connectivity index (χ1v) is 10.7. The molecule has 3 aromatic carbocycles. The molecular formula is C24H18BrFN4O3. The molecule has 0 saturated heterocycles. The predicted octanol–water partition coefficient (Wildman–Crippen LogP) is 4.81. The van der Waals surface area contributed by atoms with Gasteiger partial charge >= 0.3 is 11.8 Å². The van der Waals surface area contributed by atoms with E-state index in [1.807, 2.05) is 19.1 Å². The summed E-state index contributed by atoms with van der Waals surface area (Å²) in [7, 11) is 0. The number of aryl methyl sites for hydroxylation is 1. The summed E-state index contributed by atoms with van der Waals surface area (Å²) in [6.45, 7) is 1.94. The molecule has 7 nitrogen and oxygen atoms in total. The number of nitrogens with zero attached hydrogens (tertiary/aromatic N) is 1. The molecular weight excluding hydrogens is 491 g/mol. The van der Waals surface area contributed by atoms with Crippen LogP contribution in [0.15, 0.2) is 77.3 Å². The molecule has 3 amide bonds. The monoisotopic (exact) mass is 508 g/mol. The van der Waals surface area contributed by atoms with Gasteiger partial charge in [-0.1, -0.05) is 33.6 Å². The van der Waals surface area contributed by atoms with Crippen molar-refractivity contribution in [2.45, 2.75) is 6.92 Å². The molecule has 0 bridgehead atoms. The van der Waals surface area contributed by atoms with Crippen LogP contribution in [-0.4, -0.2) is 22.4 Å². The molecule has 0 aliphatic heterocycles. The van der Waals surface area contributed by atoms with E-state index in [1.165, 1.54) is 28.9 Å². The van der Waals surface area contributed by atoms with E-state index >= 15 is 0 Å². The average molecular weight is 509 g/mol. The Kier molecular flexibility index (Phi) is 6.23. The standard InChI is InChI=1S/C24H18BrFN4O3/c1-14-2-7-18(8-3-14)27-22(31)21-13-15-12-16(25)4-11-20(15)30(21)29-24(33)23(32)28-19-9-5-17(26)6-10-19/h2-13H,1H3,(H,27,31)(H,28,32)(H,29,33). The van der Waals surface area contributed by atoms with Crippen LogP contribution in [0.4, 0.5) is 15.8 Å². The number of rotatable bonds is 4. The Labute approximate surface area is 196 Å². The van der Waals surface area contributed by atoms with E-state index in [-0.39, 0.29) is 11.4 Å². The maximum Gasteiger partial charge on any atom is 0.328 e. The fraction of sp³-hybridized carbons (Fsp3) is 0.0417. The van der Waals surface area contributed by atoms with Crippen molar-refractivity contribution in [1.29, 1.82) is 0 Å². The molecule has 4 aromatic rings. The Hall–Kier alpha value is -3.98. The van der Waals surface area contributed by atoms with Crippen molar-refractivity contribution >= 4 is 55.9 Å². The average Bonchev–Trinajstić information content (AvgIpc) is 3.14. The summed E-state index contributed by atoms with van der Waals surface area (Å²) in [5.41, 5.74) is 5.02. The zero-order chi connectivity index (χ0) is 23.5. The highest BCUT2D eigenvalue weighted by Gasteiger charge is 2.21. The van der Waals surface area contributed by atoms with Gasteiger partial charge in [0.15, 0.2) is 0 Å². The minimum Gasteiger partial charge on any atom is -0.321 e. The molecule has 3 N–H and O–H groups in total. The topological polar surface area (TPSA) is 92.2 Å². The van der Waals surface area contributed by atoms with Crippen molar-refractivity contribution in [3.8, 4) is 0 Å². The van der Waals surface area contributed by atoms with E-state index in [2.05, 4.69) is 32.0 Å². The first-order valence-electron chi connectivity index (χ1n) is 9.87. The lowest BCUT2D eigenvalue weighted by Crippen LogP contribution is -2.36. The van der Waals surface area contributed by atoms with Gasteiger partial charge in [-0.2, -0.15) is 0 Å². The Morgan fingerprint density at radius 3 is 2.15 bits per heavy atom. The van der Waals surface area contributed by atoms with Gasteiger partial charge in [-0.3, -0.25) is 19.8 Å². The summed E-state index contributed by atoms with van der Waals surface area (Å²) >= 11 is 3.39. The zero-order valence-corrected chi connectivity index (χ0v) is 18.9. The number of amides is 3. The lowest BCUT2D eigenvalue weighted by Gasteiger charge is -2.13. The van der Waals surface area contributed by atoms with Crippen molar-refractivity contribution in [2.24, 2.45) is 0 Å². The predicted molar refractivity (Wildman–Crippen MR) is 128 cm³/mol. The molecule has 0 aliphatic carbocycles. The minimum absolute atomic E-state index is 0.131. The fourth-order valence-electron chi connectivity index (χ4n) is 3.18. The summed E-state index contributed by atoms with van der Waals surface area (Å²) in [6.07, 6.45) is 0. The Balaban J connectivity index is 1.61. The van der Waals surface area contributed by atoms with Crippen molar-refractivity contribution < 1.29 is 18.8 Å². The van der Waals surface area contributed by atoms with Gasteiger partial charge in [-0.25, -0.2) is 9.07 Å². The number of hydrogen-bond donors (Lipinski definition) is 3. The molecule has 1 aromatic heterocycles. The molecule has 33 heavy (non-hydrogen) atoms. The first-order chi connectivity index (χ1) is 15.8. The number of anilines is 2. The van der Waals surface area contributed by atoms with E-state index < -0.39 is 23.5 Å². The van der Waals surface area contributed by atoms with Crippen LogP contribution in [0.1, 0.15) is 16.1 Å². The number of hydrogen-bond acceptors (Lipinski definition) is 3. The van der Waals surface area contributed by atoms with Crippen LogP contribution in [0, 0.1) is 12.7 Å². The highest BCUT2D eigenvalue weighted by molar-refractivity contribution is 9.10. The highest BCUT2D eigenvalue weighted by Crippen LogP contribution is 2.24. The Morgan fingerprint density at radius 2 is 1.45 bits per heavy atom. The maximum atomic E-state index is 13.1.